The third-order valence-corrected chi connectivity index (χ3v) is 2.82. The molecule has 0 aromatic carbocycles. The highest BCUT2D eigenvalue weighted by molar-refractivity contribution is 5.81. The lowest BCUT2D eigenvalue weighted by molar-refractivity contribution is -0.131. The van der Waals surface area contributed by atoms with Gasteiger partial charge in [-0.3, -0.25) is 4.79 Å². The summed E-state index contributed by atoms with van der Waals surface area (Å²) < 4.78 is 0. The fourth-order valence-corrected chi connectivity index (χ4v) is 1.86. The topological polar surface area (TPSA) is 32.3 Å². The number of hydrogen-bond donors (Lipinski definition) is 1. The summed E-state index contributed by atoms with van der Waals surface area (Å²) in [6, 6.07) is 0. The van der Waals surface area contributed by atoms with Crippen LogP contribution in [0, 0.1) is 5.92 Å². The van der Waals surface area contributed by atoms with Crippen molar-refractivity contribution in [2.75, 3.05) is 13.6 Å². The molecular formula is C18H34N2O. The molecule has 0 saturated carbocycles. The van der Waals surface area contributed by atoms with Crippen LogP contribution in [0.3, 0.4) is 0 Å². The monoisotopic (exact) mass is 294 g/mol. The Kier molecular flexibility index (Phi) is 14.0. The number of amides is 1. The van der Waals surface area contributed by atoms with Gasteiger partial charge < -0.3 is 10.2 Å². The van der Waals surface area contributed by atoms with Crippen molar-refractivity contribution in [1.29, 1.82) is 0 Å². The number of carbonyl (C=O) groups is 1. The van der Waals surface area contributed by atoms with Crippen LogP contribution in [0.4, 0.5) is 0 Å². The van der Waals surface area contributed by atoms with E-state index in [4.69, 9.17) is 0 Å². The van der Waals surface area contributed by atoms with E-state index in [9.17, 15) is 4.79 Å². The maximum absolute atomic E-state index is 11.9. The van der Waals surface area contributed by atoms with Gasteiger partial charge in [0.15, 0.2) is 0 Å². The fraction of sp³-hybridized carbons (Fsp3) is 0.611. The van der Waals surface area contributed by atoms with Gasteiger partial charge in [0.25, 0.3) is 0 Å². The summed E-state index contributed by atoms with van der Waals surface area (Å²) in [7, 11) is 1.84. The van der Waals surface area contributed by atoms with Crippen molar-refractivity contribution < 1.29 is 4.79 Å². The molecule has 1 unspecified atom stereocenters. The van der Waals surface area contributed by atoms with E-state index in [1.165, 1.54) is 0 Å². The van der Waals surface area contributed by atoms with Crippen molar-refractivity contribution >= 4 is 5.91 Å². The summed E-state index contributed by atoms with van der Waals surface area (Å²) in [5, 5.41) is 3.31. The molecule has 1 N–H and O–H groups in total. The molecule has 0 radical (unpaired) electrons. The summed E-state index contributed by atoms with van der Waals surface area (Å²) in [5.41, 5.74) is 2.02. The molecule has 1 heterocycles. The fourth-order valence-electron chi connectivity index (χ4n) is 1.86. The minimum absolute atomic E-state index is 0.0312. The molecule has 2 rings (SSSR count). The molecule has 1 aliphatic heterocycles. The predicted molar refractivity (Wildman–Crippen MR) is 93.9 cm³/mol. The van der Waals surface area contributed by atoms with E-state index >= 15 is 0 Å². The standard InChI is InChI=1S/C12H16N2O.3C2H6/c1-9-8-13-10-6-4-3-5-7-11(10)14(2)12(9)15;3*1-2/h4-7,9,13H,3,8H2,1-2H3;3*1-2H3. The molecule has 0 aromatic rings. The summed E-state index contributed by atoms with van der Waals surface area (Å²) in [5.74, 6) is 0.205. The predicted octanol–water partition coefficient (Wildman–Crippen LogP) is 4.49. The van der Waals surface area contributed by atoms with Crippen molar-refractivity contribution in [3.63, 3.8) is 0 Å². The van der Waals surface area contributed by atoms with E-state index in [0.29, 0.717) is 6.54 Å². The Hall–Kier alpha value is -1.51. The third kappa shape index (κ3) is 6.65. The lowest BCUT2D eigenvalue weighted by Crippen LogP contribution is -2.31. The van der Waals surface area contributed by atoms with E-state index in [0.717, 1.165) is 17.8 Å². The summed E-state index contributed by atoms with van der Waals surface area (Å²) >= 11 is 0. The van der Waals surface area contributed by atoms with Gasteiger partial charge in [0.1, 0.15) is 0 Å². The smallest absolute Gasteiger partial charge is 0.231 e. The van der Waals surface area contributed by atoms with Crippen LogP contribution in [0.1, 0.15) is 54.9 Å². The maximum Gasteiger partial charge on any atom is 0.231 e. The second-order valence-electron chi connectivity index (χ2n) is 4.02. The van der Waals surface area contributed by atoms with Crippen LogP contribution in [0.25, 0.3) is 0 Å². The van der Waals surface area contributed by atoms with Crippen LogP contribution in [-0.4, -0.2) is 24.4 Å². The lowest BCUT2D eigenvalue weighted by Gasteiger charge is -2.19. The molecule has 0 spiro atoms. The van der Waals surface area contributed by atoms with Crippen LogP contribution in [0.15, 0.2) is 35.7 Å². The van der Waals surface area contributed by atoms with Crippen LogP contribution in [0.5, 0.6) is 0 Å². The Balaban J connectivity index is 0. The highest BCUT2D eigenvalue weighted by Crippen LogP contribution is 2.19. The Morgan fingerprint density at radius 3 is 2.14 bits per heavy atom. The first-order valence-corrected chi connectivity index (χ1v) is 8.29. The first kappa shape index (κ1) is 21.8. The molecule has 0 saturated heterocycles. The van der Waals surface area contributed by atoms with E-state index in [2.05, 4.69) is 23.5 Å². The van der Waals surface area contributed by atoms with Crippen molar-refractivity contribution in [2.24, 2.45) is 5.92 Å². The highest BCUT2D eigenvalue weighted by Gasteiger charge is 2.24. The van der Waals surface area contributed by atoms with Gasteiger partial charge in [0.2, 0.25) is 5.91 Å². The molecule has 122 valence electrons. The van der Waals surface area contributed by atoms with E-state index < -0.39 is 0 Å². The number of nitrogens with one attached hydrogen (secondary N) is 1. The molecular weight excluding hydrogens is 260 g/mol. The molecule has 3 heteroatoms. The summed E-state index contributed by atoms with van der Waals surface area (Å²) in [6.07, 6.45) is 9.15. The highest BCUT2D eigenvalue weighted by atomic mass is 16.2. The number of rotatable bonds is 0. The number of allylic oxidation sites excluding steroid dienone is 4. The summed E-state index contributed by atoms with van der Waals surface area (Å²) in [4.78, 5) is 13.6. The number of hydrogen-bond acceptors (Lipinski definition) is 2. The largest absolute Gasteiger partial charge is 0.383 e. The van der Waals surface area contributed by atoms with Gasteiger partial charge in [-0.1, -0.05) is 60.6 Å². The van der Waals surface area contributed by atoms with Crippen LogP contribution >= 0.6 is 0 Å². The number of nitrogens with zero attached hydrogens (tertiary/aromatic N) is 1. The first-order chi connectivity index (χ1) is 10.2. The average molecular weight is 294 g/mol. The van der Waals surface area contributed by atoms with Crippen molar-refractivity contribution in [3.8, 4) is 0 Å². The Labute approximate surface area is 131 Å². The van der Waals surface area contributed by atoms with Gasteiger partial charge in [-0.25, -0.2) is 0 Å². The van der Waals surface area contributed by atoms with Gasteiger partial charge in [-0.05, 0) is 18.6 Å². The molecule has 3 nitrogen and oxygen atoms in total. The Morgan fingerprint density at radius 2 is 1.57 bits per heavy atom. The first-order valence-electron chi connectivity index (χ1n) is 8.29. The zero-order valence-electron chi connectivity index (χ0n) is 15.2. The number of likely N-dealkylation sites (N-methyl/N-ethyl adjacent to an activating group) is 1. The SMILES string of the molecule is CC.CC.CC.CC1CNC2=C(C=CCC=C2)N(C)C1=O. The Morgan fingerprint density at radius 1 is 1.05 bits per heavy atom. The molecule has 1 atom stereocenters. The van der Waals surface area contributed by atoms with Gasteiger partial charge >= 0.3 is 0 Å². The normalized spacial score (nSPS) is 19.3. The number of carbonyl (C=O) groups excluding carboxylic acids is 1. The minimum atomic E-state index is 0.0312. The van der Waals surface area contributed by atoms with Crippen molar-refractivity contribution in [2.45, 2.75) is 54.9 Å². The zero-order valence-corrected chi connectivity index (χ0v) is 15.2. The molecule has 0 aromatic heterocycles. The van der Waals surface area contributed by atoms with Crippen LogP contribution in [-0.2, 0) is 4.79 Å². The molecule has 0 bridgehead atoms. The molecule has 21 heavy (non-hydrogen) atoms. The average Bonchev–Trinajstić information content (AvgIpc) is 2.86. The van der Waals surface area contributed by atoms with Gasteiger partial charge in [-0.15, -0.1) is 0 Å². The molecule has 1 amide bonds. The maximum atomic E-state index is 11.9. The van der Waals surface area contributed by atoms with Gasteiger partial charge in [0, 0.05) is 13.6 Å². The van der Waals surface area contributed by atoms with E-state index in [-0.39, 0.29) is 11.8 Å². The Bertz CT molecular complexity index is 367. The van der Waals surface area contributed by atoms with Gasteiger partial charge in [-0.2, -0.15) is 0 Å². The quantitative estimate of drug-likeness (QED) is 0.714. The van der Waals surface area contributed by atoms with Crippen LogP contribution in [0.2, 0.25) is 0 Å². The van der Waals surface area contributed by atoms with Crippen molar-refractivity contribution in [1.82, 2.24) is 10.2 Å². The molecule has 1 aliphatic carbocycles. The molecule has 2 aliphatic rings. The molecule has 0 fully saturated rings. The summed E-state index contributed by atoms with van der Waals surface area (Å²) in [6.45, 7) is 14.7. The minimum Gasteiger partial charge on any atom is -0.383 e. The van der Waals surface area contributed by atoms with Crippen molar-refractivity contribution in [3.05, 3.63) is 35.7 Å². The van der Waals surface area contributed by atoms with Gasteiger partial charge in [0.05, 0.1) is 17.3 Å². The zero-order chi connectivity index (χ0) is 16.8. The second-order valence-corrected chi connectivity index (χ2v) is 4.02. The van der Waals surface area contributed by atoms with Crippen LogP contribution < -0.4 is 5.32 Å². The van der Waals surface area contributed by atoms with E-state index in [1.54, 1.807) is 4.90 Å². The second kappa shape index (κ2) is 13.5. The third-order valence-electron chi connectivity index (χ3n) is 2.82. The van der Waals surface area contributed by atoms with E-state index in [1.807, 2.05) is 61.6 Å². The lowest BCUT2D eigenvalue weighted by atomic mass is 10.1.